The number of nitrogens with zero attached hydrogens (tertiary/aromatic N) is 1. The summed E-state index contributed by atoms with van der Waals surface area (Å²) in [4.78, 5) is 0. The van der Waals surface area contributed by atoms with Gasteiger partial charge >= 0.3 is 0 Å². The van der Waals surface area contributed by atoms with Gasteiger partial charge in [0, 0.05) is 0 Å². The molecule has 1 aliphatic rings. The molecule has 3 heteroatoms. The third-order valence-corrected chi connectivity index (χ3v) is 3.13. The molecule has 0 aromatic heterocycles. The first-order valence-electron chi connectivity index (χ1n) is 4.83. The van der Waals surface area contributed by atoms with Crippen LogP contribution >= 0.6 is 0 Å². The summed E-state index contributed by atoms with van der Waals surface area (Å²) in [7, 11) is 0. The lowest BCUT2D eigenvalue weighted by molar-refractivity contribution is 0.286. The second kappa shape index (κ2) is 3.33. The predicted molar refractivity (Wildman–Crippen MR) is 55.4 cm³/mol. The van der Waals surface area contributed by atoms with Crippen LogP contribution in [0.2, 0.25) is 0 Å². The second-order valence-corrected chi connectivity index (χ2v) is 3.79. The van der Waals surface area contributed by atoms with Gasteiger partial charge in [-0.2, -0.15) is 0 Å². The normalized spacial score (nSPS) is 20.1. The molecule has 0 bridgehead atoms. The fourth-order valence-electron chi connectivity index (χ4n) is 2.08. The molecule has 1 saturated carbocycles. The molecule has 0 aliphatic heterocycles. The number of benzene rings is 1. The third-order valence-electron chi connectivity index (χ3n) is 3.13. The summed E-state index contributed by atoms with van der Waals surface area (Å²) in [6, 6.07) is 10.0. The van der Waals surface area contributed by atoms with Crippen LogP contribution in [0.5, 0.6) is 0 Å². The van der Waals surface area contributed by atoms with Crippen molar-refractivity contribution in [3.8, 4) is 0 Å². The van der Waals surface area contributed by atoms with E-state index in [1.807, 2.05) is 30.3 Å². The summed E-state index contributed by atoms with van der Waals surface area (Å²) < 4.78 is 0. The van der Waals surface area contributed by atoms with Gasteiger partial charge in [0.25, 0.3) is 0 Å². The van der Waals surface area contributed by atoms with E-state index in [9.17, 15) is 0 Å². The molecule has 1 aromatic carbocycles. The summed E-state index contributed by atoms with van der Waals surface area (Å²) in [6.45, 7) is 0. The molecule has 1 aliphatic carbocycles. The van der Waals surface area contributed by atoms with Crippen LogP contribution in [0.1, 0.15) is 24.8 Å². The average molecular weight is 190 g/mol. The molecule has 0 radical (unpaired) electrons. The first-order valence-corrected chi connectivity index (χ1v) is 4.83. The van der Waals surface area contributed by atoms with Crippen molar-refractivity contribution in [3.63, 3.8) is 0 Å². The molecular formula is C11H14N2O. The lowest BCUT2D eigenvalue weighted by atomic mass is 9.63. The molecule has 1 aromatic rings. The molecular weight excluding hydrogens is 176 g/mol. The Balaban J connectivity index is 2.39. The molecule has 0 amide bonds. The first-order chi connectivity index (χ1) is 6.79. The minimum Gasteiger partial charge on any atom is -0.409 e. The maximum absolute atomic E-state index is 8.76. The lowest BCUT2D eigenvalue weighted by Gasteiger charge is -2.41. The largest absolute Gasteiger partial charge is 0.409 e. The van der Waals surface area contributed by atoms with E-state index in [2.05, 4.69) is 5.16 Å². The highest BCUT2D eigenvalue weighted by Gasteiger charge is 2.42. The van der Waals surface area contributed by atoms with Gasteiger partial charge in [0.05, 0.1) is 5.41 Å². The fourth-order valence-corrected chi connectivity index (χ4v) is 2.08. The van der Waals surface area contributed by atoms with Gasteiger partial charge in [-0.25, -0.2) is 0 Å². The minimum absolute atomic E-state index is 0.198. The van der Waals surface area contributed by atoms with E-state index in [1.54, 1.807) is 0 Å². The van der Waals surface area contributed by atoms with E-state index in [0.717, 1.165) is 24.8 Å². The van der Waals surface area contributed by atoms with Gasteiger partial charge in [0.15, 0.2) is 0 Å². The molecule has 14 heavy (non-hydrogen) atoms. The van der Waals surface area contributed by atoms with Gasteiger partial charge in [-0.3, -0.25) is 0 Å². The molecule has 0 unspecified atom stereocenters. The van der Waals surface area contributed by atoms with Crippen LogP contribution in [-0.2, 0) is 5.41 Å². The molecule has 2 rings (SSSR count). The zero-order valence-electron chi connectivity index (χ0n) is 7.98. The third kappa shape index (κ3) is 1.16. The Labute approximate surface area is 83.2 Å². The molecule has 3 N–H and O–H groups in total. The van der Waals surface area contributed by atoms with Crippen LogP contribution in [0.25, 0.3) is 0 Å². The van der Waals surface area contributed by atoms with Crippen LogP contribution in [0.3, 0.4) is 0 Å². The van der Waals surface area contributed by atoms with Gasteiger partial charge in [-0.15, -0.1) is 0 Å². The molecule has 0 saturated heterocycles. The van der Waals surface area contributed by atoms with Gasteiger partial charge in [0.2, 0.25) is 0 Å². The second-order valence-electron chi connectivity index (χ2n) is 3.79. The number of rotatable bonds is 2. The molecule has 0 atom stereocenters. The monoisotopic (exact) mass is 190 g/mol. The van der Waals surface area contributed by atoms with Crippen LogP contribution in [0, 0.1) is 0 Å². The summed E-state index contributed by atoms with van der Waals surface area (Å²) in [6.07, 6.45) is 3.10. The topological polar surface area (TPSA) is 58.6 Å². The molecule has 74 valence electrons. The van der Waals surface area contributed by atoms with Crippen LogP contribution in [0.15, 0.2) is 35.5 Å². The van der Waals surface area contributed by atoms with Crippen molar-refractivity contribution < 1.29 is 5.21 Å². The maximum Gasteiger partial charge on any atom is 0.149 e. The SMILES string of the molecule is NC(=NO)C1(c2ccccc2)CCC1. The molecule has 1 fully saturated rings. The smallest absolute Gasteiger partial charge is 0.149 e. The van der Waals surface area contributed by atoms with Crippen molar-refractivity contribution in [3.05, 3.63) is 35.9 Å². The van der Waals surface area contributed by atoms with Gasteiger partial charge in [-0.05, 0) is 18.4 Å². The fraction of sp³-hybridized carbons (Fsp3) is 0.364. The van der Waals surface area contributed by atoms with Gasteiger partial charge in [-0.1, -0.05) is 41.9 Å². The highest BCUT2D eigenvalue weighted by Crippen LogP contribution is 2.43. The summed E-state index contributed by atoms with van der Waals surface area (Å²) in [5, 5.41) is 11.9. The number of amidine groups is 1. The Kier molecular flexibility index (Phi) is 2.15. The van der Waals surface area contributed by atoms with Crippen LogP contribution in [-0.4, -0.2) is 11.0 Å². The predicted octanol–water partition coefficient (Wildman–Crippen LogP) is 1.85. The van der Waals surface area contributed by atoms with E-state index < -0.39 is 0 Å². The van der Waals surface area contributed by atoms with Crippen molar-refractivity contribution in [2.45, 2.75) is 24.7 Å². The average Bonchev–Trinajstić information content (AvgIpc) is 2.17. The number of hydrogen-bond acceptors (Lipinski definition) is 2. The van der Waals surface area contributed by atoms with Crippen molar-refractivity contribution in [2.75, 3.05) is 0 Å². The van der Waals surface area contributed by atoms with Crippen molar-refractivity contribution >= 4 is 5.84 Å². The molecule has 3 nitrogen and oxygen atoms in total. The standard InChI is InChI=1S/C11H14N2O/c12-10(13-14)11(7-4-8-11)9-5-2-1-3-6-9/h1-3,5-6,14H,4,7-8H2,(H2,12,13). The molecule has 0 spiro atoms. The number of hydrogen-bond donors (Lipinski definition) is 2. The zero-order chi connectivity index (χ0) is 10.0. The Morgan fingerprint density at radius 1 is 1.29 bits per heavy atom. The zero-order valence-corrected chi connectivity index (χ0v) is 7.98. The van der Waals surface area contributed by atoms with Crippen molar-refractivity contribution in [1.29, 1.82) is 0 Å². The Morgan fingerprint density at radius 2 is 1.93 bits per heavy atom. The summed E-state index contributed by atoms with van der Waals surface area (Å²) in [5.41, 5.74) is 6.70. The van der Waals surface area contributed by atoms with Crippen molar-refractivity contribution in [1.82, 2.24) is 0 Å². The quantitative estimate of drug-likeness (QED) is 0.323. The molecule has 0 heterocycles. The maximum atomic E-state index is 8.76. The minimum atomic E-state index is -0.198. The summed E-state index contributed by atoms with van der Waals surface area (Å²) in [5.74, 6) is 0.343. The number of oxime groups is 1. The first kappa shape index (κ1) is 9.06. The van der Waals surface area contributed by atoms with Gasteiger partial charge in [0.1, 0.15) is 5.84 Å². The van der Waals surface area contributed by atoms with E-state index in [0.29, 0.717) is 5.84 Å². The van der Waals surface area contributed by atoms with E-state index in [1.165, 1.54) is 0 Å². The lowest BCUT2D eigenvalue weighted by Crippen LogP contribution is -2.46. The summed E-state index contributed by atoms with van der Waals surface area (Å²) >= 11 is 0. The highest BCUT2D eigenvalue weighted by atomic mass is 16.4. The van der Waals surface area contributed by atoms with E-state index in [-0.39, 0.29) is 5.41 Å². The number of nitrogens with two attached hydrogens (primary N) is 1. The Bertz CT molecular complexity index is 342. The van der Waals surface area contributed by atoms with Crippen LogP contribution < -0.4 is 5.73 Å². The van der Waals surface area contributed by atoms with E-state index in [4.69, 9.17) is 10.9 Å². The van der Waals surface area contributed by atoms with Gasteiger partial charge < -0.3 is 10.9 Å². The highest BCUT2D eigenvalue weighted by molar-refractivity contribution is 5.92. The van der Waals surface area contributed by atoms with Crippen LogP contribution in [0.4, 0.5) is 0 Å². The Morgan fingerprint density at radius 3 is 2.36 bits per heavy atom. The van der Waals surface area contributed by atoms with Crippen molar-refractivity contribution in [2.24, 2.45) is 10.9 Å². The Hall–Kier alpha value is -1.51. The van der Waals surface area contributed by atoms with E-state index >= 15 is 0 Å².